The van der Waals surface area contributed by atoms with Gasteiger partial charge in [0.1, 0.15) is 0 Å². The van der Waals surface area contributed by atoms with E-state index in [4.69, 9.17) is 9.47 Å². The molecule has 2 fully saturated rings. The molecule has 156 valence electrons. The number of piperidine rings is 1. The lowest BCUT2D eigenvalue weighted by Crippen LogP contribution is -2.45. The highest BCUT2D eigenvalue weighted by atomic mass is 32.1. The Hall–Kier alpha value is -2.31. The maximum Gasteiger partial charge on any atom is 0.418 e. The molecular weight excluding hydrogens is 415 g/mol. The van der Waals surface area contributed by atoms with Crippen LogP contribution in [0.25, 0.3) is 10.1 Å². The molecule has 1 spiro atoms. The van der Waals surface area contributed by atoms with E-state index in [9.17, 15) is 28.1 Å². The molecule has 0 N–H and O–H groups in total. The number of ether oxygens (including phenoxy) is 2. The van der Waals surface area contributed by atoms with Gasteiger partial charge >= 0.3 is 6.18 Å². The fourth-order valence-electron chi connectivity index (χ4n) is 3.60. The Morgan fingerprint density at radius 3 is 2.59 bits per heavy atom. The van der Waals surface area contributed by atoms with E-state index in [0.29, 0.717) is 49.9 Å². The van der Waals surface area contributed by atoms with Gasteiger partial charge in [-0.1, -0.05) is 11.3 Å². The van der Waals surface area contributed by atoms with Gasteiger partial charge in [0, 0.05) is 38.1 Å². The second kappa shape index (κ2) is 6.89. The van der Waals surface area contributed by atoms with Crippen LogP contribution in [0.5, 0.6) is 0 Å². The third kappa shape index (κ3) is 3.67. The molecule has 0 aliphatic carbocycles. The monoisotopic (exact) mass is 431 g/mol. The van der Waals surface area contributed by atoms with Crippen molar-refractivity contribution in [2.45, 2.75) is 37.8 Å². The lowest BCUT2D eigenvalue weighted by Gasteiger charge is -2.38. The summed E-state index contributed by atoms with van der Waals surface area (Å²) in [5.74, 6) is -0.699. The van der Waals surface area contributed by atoms with Crippen molar-refractivity contribution < 1.29 is 27.6 Å². The van der Waals surface area contributed by atoms with E-state index in [2.05, 4.69) is 4.98 Å². The van der Waals surface area contributed by atoms with Crippen molar-refractivity contribution in [2.24, 2.45) is 0 Å². The summed E-state index contributed by atoms with van der Waals surface area (Å²) in [5, 5.41) is 10.7. The molecule has 12 heteroatoms. The lowest BCUT2D eigenvalue weighted by molar-refractivity contribution is -0.385. The molecule has 1 unspecified atom stereocenters. The van der Waals surface area contributed by atoms with Crippen LogP contribution in [0.3, 0.4) is 0 Å². The fraction of sp³-hybridized carbons (Fsp3) is 0.529. The van der Waals surface area contributed by atoms with Gasteiger partial charge in [-0.15, -0.1) is 0 Å². The maximum atomic E-state index is 13.5. The van der Waals surface area contributed by atoms with Crippen molar-refractivity contribution in [3.63, 3.8) is 0 Å². The summed E-state index contributed by atoms with van der Waals surface area (Å²) < 4.78 is 51.8. The first-order valence-corrected chi connectivity index (χ1v) is 9.67. The molecule has 2 saturated heterocycles. The molecule has 1 aromatic carbocycles. The van der Waals surface area contributed by atoms with E-state index in [-0.39, 0.29) is 15.9 Å². The van der Waals surface area contributed by atoms with Crippen LogP contribution >= 0.6 is 11.3 Å². The lowest BCUT2D eigenvalue weighted by atomic mass is 10.0. The number of rotatable bonds is 2. The predicted octanol–water partition coefficient (Wildman–Crippen LogP) is 3.32. The smallest absolute Gasteiger partial charge is 0.348 e. The molecule has 8 nitrogen and oxygen atoms in total. The molecule has 29 heavy (non-hydrogen) atoms. The summed E-state index contributed by atoms with van der Waals surface area (Å²) in [6.45, 7) is 3.18. The van der Waals surface area contributed by atoms with Gasteiger partial charge in [0.2, 0.25) is 0 Å². The van der Waals surface area contributed by atoms with Crippen LogP contribution in [-0.2, 0) is 15.7 Å². The fourth-order valence-corrected chi connectivity index (χ4v) is 4.76. The van der Waals surface area contributed by atoms with Crippen molar-refractivity contribution >= 4 is 32.2 Å². The zero-order chi connectivity index (χ0) is 21.0. The number of nitro groups is 1. The number of anilines is 1. The third-order valence-electron chi connectivity index (χ3n) is 5.00. The van der Waals surface area contributed by atoms with Gasteiger partial charge in [0.25, 0.3) is 11.2 Å². The summed E-state index contributed by atoms with van der Waals surface area (Å²) in [7, 11) is 0. The third-order valence-corrected chi connectivity index (χ3v) is 6.18. The van der Waals surface area contributed by atoms with E-state index < -0.39 is 39.1 Å². The molecule has 2 aromatic rings. The minimum absolute atomic E-state index is 0.0264. The highest BCUT2D eigenvalue weighted by Gasteiger charge is 2.43. The topological polar surface area (TPSA) is 94.8 Å². The van der Waals surface area contributed by atoms with Crippen LogP contribution in [0, 0.1) is 10.1 Å². The number of hydrogen-bond donors (Lipinski definition) is 0. The quantitative estimate of drug-likeness (QED) is 0.532. The Morgan fingerprint density at radius 1 is 1.34 bits per heavy atom. The predicted molar refractivity (Wildman–Crippen MR) is 98.2 cm³/mol. The summed E-state index contributed by atoms with van der Waals surface area (Å²) in [5.41, 5.74) is -2.93. The van der Waals surface area contributed by atoms with Gasteiger partial charge in [-0.2, -0.15) is 18.2 Å². The average Bonchev–Trinajstić information content (AvgIpc) is 3.00. The van der Waals surface area contributed by atoms with Gasteiger partial charge in [-0.05, 0) is 6.92 Å². The first kappa shape index (κ1) is 20.0. The highest BCUT2D eigenvalue weighted by molar-refractivity contribution is 7.21. The highest BCUT2D eigenvalue weighted by Crippen LogP contribution is 2.41. The summed E-state index contributed by atoms with van der Waals surface area (Å²) in [6.07, 6.45) is -3.89. The molecule has 0 bridgehead atoms. The summed E-state index contributed by atoms with van der Waals surface area (Å²) >= 11 is 0.704. The van der Waals surface area contributed by atoms with Gasteiger partial charge in [-0.3, -0.25) is 14.9 Å². The molecule has 1 aromatic heterocycles. The van der Waals surface area contributed by atoms with E-state index in [1.54, 1.807) is 4.90 Å². The molecule has 0 saturated carbocycles. The first-order valence-electron chi connectivity index (χ1n) is 8.85. The number of nitrogens with zero attached hydrogens (tertiary/aromatic N) is 3. The molecular formula is C17H16F3N3O5S. The Balaban J connectivity index is 1.73. The average molecular weight is 431 g/mol. The van der Waals surface area contributed by atoms with Crippen LogP contribution in [0.4, 0.5) is 24.0 Å². The Kier molecular flexibility index (Phi) is 4.74. The van der Waals surface area contributed by atoms with E-state index in [0.717, 1.165) is 6.07 Å². The van der Waals surface area contributed by atoms with Crippen LogP contribution in [0.2, 0.25) is 0 Å². The van der Waals surface area contributed by atoms with Crippen molar-refractivity contribution in [2.75, 3.05) is 24.6 Å². The molecule has 3 heterocycles. The zero-order valence-electron chi connectivity index (χ0n) is 15.2. The number of alkyl halides is 3. The van der Waals surface area contributed by atoms with Gasteiger partial charge < -0.3 is 14.4 Å². The summed E-state index contributed by atoms with van der Waals surface area (Å²) in [4.78, 5) is 28.1. The largest absolute Gasteiger partial charge is 0.418 e. The standard InChI is InChI=1S/C17H16F3N3O5S/c1-9-8-27-16(28-9)2-4-22(5-3-16)15-21-14(24)11-6-10(23(25)26)7-12(13(11)29-15)17(18,19)20/h6-7,9H,2-5,8H2,1H3. The second-order valence-electron chi connectivity index (χ2n) is 7.06. The SMILES string of the molecule is CC1COC2(CCN(c3nc(=O)c4cc([N+](=O)[O-])cc(C(F)(F)F)c4s3)CC2)O1. The van der Waals surface area contributed by atoms with Crippen LogP contribution in [-0.4, -0.2) is 41.5 Å². The minimum Gasteiger partial charge on any atom is -0.348 e. The Bertz CT molecular complexity index is 1030. The second-order valence-corrected chi connectivity index (χ2v) is 8.04. The number of benzene rings is 1. The van der Waals surface area contributed by atoms with Crippen LogP contribution in [0.15, 0.2) is 16.9 Å². The number of fused-ring (bicyclic) bond motifs is 1. The van der Waals surface area contributed by atoms with Crippen LogP contribution in [0.1, 0.15) is 25.3 Å². The molecule has 1 atom stereocenters. The number of hydrogen-bond acceptors (Lipinski definition) is 8. The van der Waals surface area contributed by atoms with Gasteiger partial charge in [0.15, 0.2) is 10.9 Å². The van der Waals surface area contributed by atoms with E-state index >= 15 is 0 Å². The number of aromatic nitrogens is 1. The van der Waals surface area contributed by atoms with Gasteiger partial charge in [0.05, 0.1) is 33.3 Å². The number of non-ortho nitro benzene ring substituents is 1. The summed E-state index contributed by atoms with van der Waals surface area (Å²) in [6, 6.07) is 1.29. The Morgan fingerprint density at radius 2 is 2.03 bits per heavy atom. The first-order chi connectivity index (χ1) is 13.6. The molecule has 0 amide bonds. The molecule has 0 radical (unpaired) electrons. The minimum atomic E-state index is -4.85. The van der Waals surface area contributed by atoms with Crippen molar-refractivity contribution in [1.29, 1.82) is 0 Å². The van der Waals surface area contributed by atoms with E-state index in [1.807, 2.05) is 6.92 Å². The van der Waals surface area contributed by atoms with Crippen molar-refractivity contribution in [3.05, 3.63) is 38.2 Å². The van der Waals surface area contributed by atoms with Crippen molar-refractivity contribution in [3.8, 4) is 0 Å². The normalized spacial score (nSPS) is 21.8. The van der Waals surface area contributed by atoms with E-state index in [1.165, 1.54) is 0 Å². The molecule has 4 rings (SSSR count). The molecule has 2 aliphatic heterocycles. The van der Waals surface area contributed by atoms with Crippen molar-refractivity contribution in [1.82, 2.24) is 4.98 Å². The maximum absolute atomic E-state index is 13.5. The number of halogens is 3. The zero-order valence-corrected chi connectivity index (χ0v) is 16.0. The van der Waals surface area contributed by atoms with Gasteiger partial charge in [-0.25, -0.2) is 0 Å². The molecule has 2 aliphatic rings. The Labute approximate surface area is 166 Å². The number of nitro benzene ring substituents is 1. The van der Waals surface area contributed by atoms with Crippen LogP contribution < -0.4 is 10.5 Å².